The lowest BCUT2D eigenvalue weighted by Gasteiger charge is -2.37. The fourth-order valence-electron chi connectivity index (χ4n) is 3.53. The molecule has 1 saturated carbocycles. The van der Waals surface area contributed by atoms with Gasteiger partial charge in [-0.05, 0) is 43.7 Å². The van der Waals surface area contributed by atoms with Gasteiger partial charge < -0.3 is 10.4 Å². The maximum absolute atomic E-state index is 10.6. The van der Waals surface area contributed by atoms with E-state index < -0.39 is 5.60 Å². The van der Waals surface area contributed by atoms with Crippen LogP contribution in [0.3, 0.4) is 0 Å². The zero-order valence-corrected chi connectivity index (χ0v) is 11.0. The highest BCUT2D eigenvalue weighted by molar-refractivity contribution is 5.53. The Morgan fingerprint density at radius 2 is 1.94 bits per heavy atom. The monoisotopic (exact) mass is 245 g/mol. The molecule has 0 amide bonds. The number of rotatable bonds is 2. The number of fused-ring (bicyclic) bond motifs is 1. The van der Waals surface area contributed by atoms with Crippen molar-refractivity contribution in [3.05, 3.63) is 29.8 Å². The number of para-hydroxylation sites is 1. The molecule has 2 nitrogen and oxygen atoms in total. The van der Waals surface area contributed by atoms with E-state index in [0.717, 1.165) is 32.1 Å². The van der Waals surface area contributed by atoms with Crippen molar-refractivity contribution >= 4 is 5.69 Å². The first kappa shape index (κ1) is 12.0. The van der Waals surface area contributed by atoms with Gasteiger partial charge in [0.25, 0.3) is 0 Å². The van der Waals surface area contributed by atoms with Crippen LogP contribution in [-0.2, 0) is 6.42 Å². The number of aliphatic hydroxyl groups is 1. The fourth-order valence-corrected chi connectivity index (χ4v) is 3.53. The van der Waals surface area contributed by atoms with Crippen molar-refractivity contribution in [3.63, 3.8) is 0 Å². The molecule has 1 fully saturated rings. The topological polar surface area (TPSA) is 32.3 Å². The minimum absolute atomic E-state index is 0.401. The molecular formula is C16H23NO. The summed E-state index contributed by atoms with van der Waals surface area (Å²) < 4.78 is 0. The van der Waals surface area contributed by atoms with E-state index in [0.29, 0.717) is 6.04 Å². The van der Waals surface area contributed by atoms with Gasteiger partial charge in [0.15, 0.2) is 0 Å². The Labute approximate surface area is 109 Å². The number of hydrogen-bond donors (Lipinski definition) is 2. The molecule has 3 rings (SSSR count). The van der Waals surface area contributed by atoms with Crippen molar-refractivity contribution in [1.29, 1.82) is 0 Å². The van der Waals surface area contributed by atoms with E-state index in [9.17, 15) is 5.11 Å². The first-order valence-corrected chi connectivity index (χ1v) is 7.32. The molecule has 98 valence electrons. The van der Waals surface area contributed by atoms with E-state index in [1.54, 1.807) is 0 Å². The van der Waals surface area contributed by atoms with Crippen LogP contribution in [0.2, 0.25) is 0 Å². The molecule has 0 unspecified atom stereocenters. The van der Waals surface area contributed by atoms with Crippen molar-refractivity contribution in [3.8, 4) is 0 Å². The molecule has 2 aliphatic rings. The summed E-state index contributed by atoms with van der Waals surface area (Å²) in [5, 5.41) is 14.2. The Bertz CT molecular complexity index is 409. The third-order valence-electron chi connectivity index (χ3n) is 4.55. The van der Waals surface area contributed by atoms with Gasteiger partial charge in [0.05, 0.1) is 5.60 Å². The van der Waals surface area contributed by atoms with Crippen molar-refractivity contribution in [2.45, 2.75) is 63.0 Å². The SMILES string of the molecule is OC1(C[C@@H]2CCc3ccccc3N2)CCCCC1. The second-order valence-corrected chi connectivity index (χ2v) is 6.03. The third kappa shape index (κ3) is 2.54. The average Bonchev–Trinajstić information content (AvgIpc) is 2.39. The molecule has 18 heavy (non-hydrogen) atoms. The molecule has 1 aromatic carbocycles. The summed E-state index contributed by atoms with van der Waals surface area (Å²) in [6.07, 6.45) is 8.88. The molecule has 1 aliphatic carbocycles. The maximum atomic E-state index is 10.6. The van der Waals surface area contributed by atoms with E-state index >= 15 is 0 Å². The normalized spacial score (nSPS) is 26.2. The molecule has 1 aromatic rings. The van der Waals surface area contributed by atoms with E-state index in [4.69, 9.17) is 0 Å². The Kier molecular flexibility index (Phi) is 3.29. The molecular weight excluding hydrogens is 222 g/mol. The highest BCUT2D eigenvalue weighted by atomic mass is 16.3. The molecule has 0 bridgehead atoms. The van der Waals surface area contributed by atoms with Crippen LogP contribution in [0.5, 0.6) is 0 Å². The number of anilines is 1. The molecule has 0 saturated heterocycles. The summed E-state index contributed by atoms with van der Waals surface area (Å²) in [7, 11) is 0. The van der Waals surface area contributed by atoms with Crippen LogP contribution in [0.1, 0.15) is 50.5 Å². The van der Waals surface area contributed by atoms with Gasteiger partial charge in [-0.25, -0.2) is 0 Å². The van der Waals surface area contributed by atoms with Gasteiger partial charge in [0.1, 0.15) is 0 Å². The lowest BCUT2D eigenvalue weighted by molar-refractivity contribution is -0.00842. The van der Waals surface area contributed by atoms with Crippen molar-refractivity contribution < 1.29 is 5.11 Å². The maximum Gasteiger partial charge on any atom is 0.0667 e. The van der Waals surface area contributed by atoms with Crippen molar-refractivity contribution in [2.24, 2.45) is 0 Å². The zero-order valence-electron chi connectivity index (χ0n) is 11.0. The second kappa shape index (κ2) is 4.93. The van der Waals surface area contributed by atoms with E-state index in [-0.39, 0.29) is 0 Å². The Hall–Kier alpha value is -1.02. The van der Waals surface area contributed by atoms with Gasteiger partial charge in [-0.3, -0.25) is 0 Å². The number of hydrogen-bond acceptors (Lipinski definition) is 2. The summed E-state index contributed by atoms with van der Waals surface area (Å²) in [6.45, 7) is 0. The molecule has 2 heteroatoms. The van der Waals surface area contributed by atoms with E-state index in [2.05, 4.69) is 29.6 Å². The van der Waals surface area contributed by atoms with Crippen LogP contribution < -0.4 is 5.32 Å². The van der Waals surface area contributed by atoms with Crippen LogP contribution in [0, 0.1) is 0 Å². The summed E-state index contributed by atoms with van der Waals surface area (Å²) in [4.78, 5) is 0. The summed E-state index contributed by atoms with van der Waals surface area (Å²) in [6, 6.07) is 9.00. The van der Waals surface area contributed by atoms with Gasteiger partial charge in [0.2, 0.25) is 0 Å². The van der Waals surface area contributed by atoms with Crippen molar-refractivity contribution in [1.82, 2.24) is 0 Å². The molecule has 2 N–H and O–H groups in total. The van der Waals surface area contributed by atoms with Crippen LogP contribution in [0.15, 0.2) is 24.3 Å². The Morgan fingerprint density at radius 3 is 2.78 bits per heavy atom. The van der Waals surface area contributed by atoms with Crippen LogP contribution in [0.4, 0.5) is 5.69 Å². The quantitative estimate of drug-likeness (QED) is 0.836. The van der Waals surface area contributed by atoms with Crippen LogP contribution in [0.25, 0.3) is 0 Å². The predicted molar refractivity (Wildman–Crippen MR) is 74.8 cm³/mol. The molecule has 1 atom stereocenters. The van der Waals surface area contributed by atoms with Gasteiger partial charge in [0, 0.05) is 11.7 Å². The van der Waals surface area contributed by atoms with Gasteiger partial charge in [-0.1, -0.05) is 37.5 Å². The van der Waals surface area contributed by atoms with Gasteiger partial charge >= 0.3 is 0 Å². The average molecular weight is 245 g/mol. The summed E-state index contributed by atoms with van der Waals surface area (Å²) in [5.74, 6) is 0. The molecule has 0 spiro atoms. The largest absolute Gasteiger partial charge is 0.390 e. The first-order valence-electron chi connectivity index (χ1n) is 7.32. The zero-order chi connectivity index (χ0) is 12.4. The second-order valence-electron chi connectivity index (χ2n) is 6.03. The van der Waals surface area contributed by atoms with Gasteiger partial charge in [-0.2, -0.15) is 0 Å². The number of nitrogens with one attached hydrogen (secondary N) is 1. The number of aryl methyl sites for hydroxylation is 1. The smallest absolute Gasteiger partial charge is 0.0667 e. The predicted octanol–water partition coefficient (Wildman–Crippen LogP) is 3.50. The molecule has 1 heterocycles. The summed E-state index contributed by atoms with van der Waals surface area (Å²) in [5.41, 5.74) is 2.29. The molecule has 0 aromatic heterocycles. The van der Waals surface area contributed by atoms with Crippen LogP contribution in [-0.4, -0.2) is 16.7 Å². The molecule has 0 radical (unpaired) electrons. The van der Waals surface area contributed by atoms with E-state index in [1.807, 2.05) is 0 Å². The Morgan fingerprint density at radius 1 is 1.17 bits per heavy atom. The Balaban J connectivity index is 1.65. The summed E-state index contributed by atoms with van der Waals surface area (Å²) >= 11 is 0. The third-order valence-corrected chi connectivity index (χ3v) is 4.55. The van der Waals surface area contributed by atoms with Crippen LogP contribution >= 0.6 is 0 Å². The standard InChI is InChI=1S/C16H23NO/c18-16(10-4-1-5-11-16)12-14-9-8-13-6-2-3-7-15(13)17-14/h2-3,6-7,14,17-18H,1,4-5,8-12H2/t14-/m0/s1. The van der Waals surface area contributed by atoms with E-state index in [1.165, 1.54) is 30.5 Å². The fraction of sp³-hybridized carbons (Fsp3) is 0.625. The van der Waals surface area contributed by atoms with Crippen molar-refractivity contribution in [2.75, 3.05) is 5.32 Å². The minimum Gasteiger partial charge on any atom is -0.390 e. The minimum atomic E-state index is -0.401. The lowest BCUT2D eigenvalue weighted by atomic mass is 9.79. The molecule has 1 aliphatic heterocycles. The van der Waals surface area contributed by atoms with Gasteiger partial charge in [-0.15, -0.1) is 0 Å². The lowest BCUT2D eigenvalue weighted by Crippen LogP contribution is -2.39. The highest BCUT2D eigenvalue weighted by Gasteiger charge is 2.33. The number of benzene rings is 1. The first-order chi connectivity index (χ1) is 8.75. The highest BCUT2D eigenvalue weighted by Crippen LogP contribution is 2.35.